The summed E-state index contributed by atoms with van der Waals surface area (Å²) in [6.45, 7) is 0.388. The Morgan fingerprint density at radius 3 is 2.28 bits per heavy atom. The van der Waals surface area contributed by atoms with Gasteiger partial charge in [-0.15, -0.1) is 0 Å². The first kappa shape index (κ1) is 15.5. The van der Waals surface area contributed by atoms with Crippen LogP contribution in [-0.2, 0) is 6.54 Å². The number of nitrogens with zero attached hydrogens (tertiary/aromatic N) is 3. The second kappa shape index (κ2) is 6.49. The third-order valence-corrected chi connectivity index (χ3v) is 4.32. The third-order valence-electron chi connectivity index (χ3n) is 4.07. The van der Waals surface area contributed by atoms with Crippen molar-refractivity contribution < 1.29 is 0 Å². The average Bonchev–Trinajstić information content (AvgIpc) is 2.66. The number of rotatable bonds is 3. The van der Waals surface area contributed by atoms with Crippen LogP contribution < -0.4 is 5.56 Å². The molecule has 2 heterocycles. The Balaban J connectivity index is 1.91. The quantitative estimate of drug-likeness (QED) is 0.559. The lowest BCUT2D eigenvalue weighted by Crippen LogP contribution is -2.24. The van der Waals surface area contributed by atoms with Crippen LogP contribution in [0.15, 0.2) is 77.9 Å². The van der Waals surface area contributed by atoms with Crippen LogP contribution in [-0.4, -0.2) is 14.8 Å². The summed E-state index contributed by atoms with van der Waals surface area (Å²) in [5.41, 5.74) is 2.56. The van der Waals surface area contributed by atoms with Gasteiger partial charge in [-0.05, 0) is 35.9 Å². The predicted octanol–water partition coefficient (Wildman–Crippen LogP) is 4.16. The van der Waals surface area contributed by atoms with E-state index in [4.69, 9.17) is 11.6 Å². The fourth-order valence-electron chi connectivity index (χ4n) is 2.83. The van der Waals surface area contributed by atoms with Crippen LogP contribution in [0.4, 0.5) is 0 Å². The van der Waals surface area contributed by atoms with Crippen LogP contribution in [0.25, 0.3) is 22.0 Å². The molecule has 25 heavy (non-hydrogen) atoms. The van der Waals surface area contributed by atoms with Crippen LogP contribution >= 0.6 is 11.6 Å². The van der Waals surface area contributed by atoms with Gasteiger partial charge in [-0.25, -0.2) is 4.68 Å². The minimum Gasteiger partial charge on any atom is -0.267 e. The van der Waals surface area contributed by atoms with Gasteiger partial charge in [0.25, 0.3) is 5.56 Å². The lowest BCUT2D eigenvalue weighted by molar-refractivity contribution is 0.651. The van der Waals surface area contributed by atoms with Crippen molar-refractivity contribution in [2.24, 2.45) is 0 Å². The maximum atomic E-state index is 12.8. The van der Waals surface area contributed by atoms with Gasteiger partial charge in [-0.3, -0.25) is 9.78 Å². The molecule has 4 nitrogen and oxygen atoms in total. The molecule has 0 spiro atoms. The number of benzene rings is 2. The predicted molar refractivity (Wildman–Crippen MR) is 99.8 cm³/mol. The third kappa shape index (κ3) is 3.04. The first-order valence-electron chi connectivity index (χ1n) is 7.87. The highest BCUT2D eigenvalue weighted by atomic mass is 35.5. The Kier molecular flexibility index (Phi) is 4.04. The summed E-state index contributed by atoms with van der Waals surface area (Å²) >= 11 is 5.94. The van der Waals surface area contributed by atoms with Crippen LogP contribution in [0.3, 0.4) is 0 Å². The molecule has 0 unspecified atom stereocenters. The standard InChI is InChI=1S/C20H14ClN3O/c21-16-7-5-14(6-8-16)13-24-20(25)18-4-2-1-3-17(18)19(23-24)15-9-11-22-12-10-15/h1-12H,13H2. The molecule has 0 saturated carbocycles. The van der Waals surface area contributed by atoms with Gasteiger partial charge in [0, 0.05) is 28.4 Å². The zero-order chi connectivity index (χ0) is 17.2. The van der Waals surface area contributed by atoms with E-state index in [1.807, 2.05) is 60.7 Å². The van der Waals surface area contributed by atoms with Gasteiger partial charge in [0.2, 0.25) is 0 Å². The van der Waals surface area contributed by atoms with Gasteiger partial charge in [0.05, 0.1) is 17.6 Å². The number of hydrogen-bond acceptors (Lipinski definition) is 3. The molecule has 4 rings (SSSR count). The summed E-state index contributed by atoms with van der Waals surface area (Å²) in [7, 11) is 0. The molecular formula is C20H14ClN3O. The molecule has 4 aromatic rings. The van der Waals surface area contributed by atoms with E-state index < -0.39 is 0 Å². The van der Waals surface area contributed by atoms with Gasteiger partial charge in [-0.2, -0.15) is 5.10 Å². The van der Waals surface area contributed by atoms with Crippen molar-refractivity contribution in [3.05, 3.63) is 94.0 Å². The first-order valence-corrected chi connectivity index (χ1v) is 8.25. The van der Waals surface area contributed by atoms with E-state index in [2.05, 4.69) is 10.1 Å². The van der Waals surface area contributed by atoms with Crippen molar-refractivity contribution >= 4 is 22.4 Å². The molecule has 0 aliphatic carbocycles. The molecule has 2 aromatic carbocycles. The van der Waals surface area contributed by atoms with E-state index in [0.29, 0.717) is 17.0 Å². The number of hydrogen-bond donors (Lipinski definition) is 0. The highest BCUT2D eigenvalue weighted by Gasteiger charge is 2.12. The largest absolute Gasteiger partial charge is 0.274 e. The summed E-state index contributed by atoms with van der Waals surface area (Å²) in [6.07, 6.45) is 3.45. The van der Waals surface area contributed by atoms with Crippen molar-refractivity contribution in [3.63, 3.8) is 0 Å². The molecule has 122 valence electrons. The zero-order valence-corrected chi connectivity index (χ0v) is 14.0. The molecule has 0 saturated heterocycles. The summed E-state index contributed by atoms with van der Waals surface area (Å²) in [4.78, 5) is 16.9. The number of halogens is 1. The SMILES string of the molecule is O=c1c2ccccc2c(-c2ccncc2)nn1Cc1ccc(Cl)cc1. The monoisotopic (exact) mass is 347 g/mol. The molecule has 0 aliphatic rings. The Hall–Kier alpha value is -2.98. The molecule has 0 N–H and O–H groups in total. The maximum Gasteiger partial charge on any atom is 0.274 e. The van der Waals surface area contributed by atoms with E-state index in [1.54, 1.807) is 12.4 Å². The molecule has 0 aliphatic heterocycles. The summed E-state index contributed by atoms with van der Waals surface area (Å²) in [6, 6.07) is 18.8. The second-order valence-electron chi connectivity index (χ2n) is 5.72. The molecular weight excluding hydrogens is 334 g/mol. The minimum atomic E-state index is -0.108. The molecule has 0 bridgehead atoms. The zero-order valence-electron chi connectivity index (χ0n) is 13.3. The van der Waals surface area contributed by atoms with Gasteiger partial charge < -0.3 is 0 Å². The van der Waals surface area contributed by atoms with Crippen LogP contribution in [0.2, 0.25) is 5.02 Å². The number of fused-ring (bicyclic) bond motifs is 1. The van der Waals surface area contributed by atoms with Crippen molar-refractivity contribution in [3.8, 4) is 11.3 Å². The van der Waals surface area contributed by atoms with E-state index in [1.165, 1.54) is 4.68 Å². The Bertz CT molecular complexity index is 1090. The molecule has 0 amide bonds. The smallest absolute Gasteiger partial charge is 0.267 e. The van der Waals surface area contributed by atoms with Gasteiger partial charge in [0.1, 0.15) is 0 Å². The summed E-state index contributed by atoms with van der Waals surface area (Å²) < 4.78 is 1.50. The Morgan fingerprint density at radius 2 is 1.56 bits per heavy atom. The molecule has 0 radical (unpaired) electrons. The highest BCUT2D eigenvalue weighted by molar-refractivity contribution is 6.30. The summed E-state index contributed by atoms with van der Waals surface area (Å²) in [5.74, 6) is 0. The van der Waals surface area contributed by atoms with E-state index in [9.17, 15) is 4.79 Å². The lowest BCUT2D eigenvalue weighted by Gasteiger charge is -2.11. The van der Waals surface area contributed by atoms with E-state index >= 15 is 0 Å². The van der Waals surface area contributed by atoms with Crippen molar-refractivity contribution in [2.45, 2.75) is 6.54 Å². The Morgan fingerprint density at radius 1 is 0.880 bits per heavy atom. The van der Waals surface area contributed by atoms with E-state index in [0.717, 1.165) is 22.2 Å². The average molecular weight is 348 g/mol. The van der Waals surface area contributed by atoms with Crippen LogP contribution in [0.5, 0.6) is 0 Å². The lowest BCUT2D eigenvalue weighted by atomic mass is 10.1. The van der Waals surface area contributed by atoms with Crippen LogP contribution in [0.1, 0.15) is 5.56 Å². The highest BCUT2D eigenvalue weighted by Crippen LogP contribution is 2.24. The second-order valence-corrected chi connectivity index (χ2v) is 6.16. The van der Waals surface area contributed by atoms with Crippen molar-refractivity contribution in [2.75, 3.05) is 0 Å². The van der Waals surface area contributed by atoms with Gasteiger partial charge in [0.15, 0.2) is 0 Å². The fourth-order valence-corrected chi connectivity index (χ4v) is 2.95. The van der Waals surface area contributed by atoms with Crippen LogP contribution in [0, 0.1) is 0 Å². The fraction of sp³-hybridized carbons (Fsp3) is 0.0500. The normalized spacial score (nSPS) is 10.9. The molecule has 5 heteroatoms. The molecule has 0 fully saturated rings. The molecule has 0 atom stereocenters. The summed E-state index contributed by atoms with van der Waals surface area (Å²) in [5, 5.41) is 6.79. The van der Waals surface area contributed by atoms with Gasteiger partial charge >= 0.3 is 0 Å². The van der Waals surface area contributed by atoms with Gasteiger partial charge in [-0.1, -0.05) is 41.9 Å². The number of pyridine rings is 1. The van der Waals surface area contributed by atoms with Crippen molar-refractivity contribution in [1.82, 2.24) is 14.8 Å². The molecule has 2 aromatic heterocycles. The maximum absolute atomic E-state index is 12.8. The van der Waals surface area contributed by atoms with Crippen molar-refractivity contribution in [1.29, 1.82) is 0 Å². The first-order chi connectivity index (χ1) is 12.2. The minimum absolute atomic E-state index is 0.108. The number of aromatic nitrogens is 3. The topological polar surface area (TPSA) is 47.8 Å². The Labute approximate surface area is 149 Å². The van der Waals surface area contributed by atoms with E-state index in [-0.39, 0.29) is 5.56 Å².